The van der Waals surface area contributed by atoms with E-state index in [-0.39, 0.29) is 11.3 Å². The molecule has 4 nitrogen and oxygen atoms in total. The number of hydrogen-bond acceptors (Lipinski definition) is 3. The van der Waals surface area contributed by atoms with E-state index in [4.69, 9.17) is 4.74 Å². The van der Waals surface area contributed by atoms with Crippen molar-refractivity contribution in [1.29, 1.82) is 0 Å². The Bertz CT molecular complexity index is 434. The first kappa shape index (κ1) is 17.5. The lowest BCUT2D eigenvalue weighted by atomic mass is 9.89. The van der Waals surface area contributed by atoms with E-state index >= 15 is 0 Å². The van der Waals surface area contributed by atoms with Gasteiger partial charge in [0.1, 0.15) is 5.75 Å². The number of hydrogen-bond donors (Lipinski definition) is 2. The highest BCUT2D eigenvalue weighted by molar-refractivity contribution is 5.75. The Labute approximate surface area is 127 Å². The van der Waals surface area contributed by atoms with Crippen LogP contribution in [0.1, 0.15) is 39.2 Å². The van der Waals surface area contributed by atoms with Crippen LogP contribution in [0.2, 0.25) is 0 Å². The van der Waals surface area contributed by atoms with E-state index in [1.165, 1.54) is 5.56 Å². The van der Waals surface area contributed by atoms with Crippen LogP contribution in [0.15, 0.2) is 24.3 Å². The Balaban J connectivity index is 2.24. The van der Waals surface area contributed by atoms with E-state index in [1.54, 1.807) is 7.11 Å². The van der Waals surface area contributed by atoms with Gasteiger partial charge in [-0.2, -0.15) is 0 Å². The number of methoxy groups -OCH3 is 1. The molecule has 2 N–H and O–H groups in total. The number of rotatable bonds is 7. The van der Waals surface area contributed by atoms with E-state index < -0.39 is 6.10 Å². The van der Waals surface area contributed by atoms with Crippen molar-refractivity contribution in [2.75, 3.05) is 13.7 Å². The number of aliphatic hydroxyl groups excluding tert-OH is 1. The number of nitrogens with one attached hydrogen (secondary N) is 1. The molecule has 0 aliphatic rings. The number of carbonyl (C=O) groups is 1. The van der Waals surface area contributed by atoms with Gasteiger partial charge in [0.15, 0.2) is 0 Å². The average molecular weight is 293 g/mol. The second-order valence-electron chi connectivity index (χ2n) is 6.39. The van der Waals surface area contributed by atoms with Crippen LogP contribution >= 0.6 is 0 Å². The van der Waals surface area contributed by atoms with Crippen molar-refractivity contribution < 1.29 is 14.6 Å². The van der Waals surface area contributed by atoms with Gasteiger partial charge in [0.05, 0.1) is 13.2 Å². The molecule has 4 heteroatoms. The third-order valence-electron chi connectivity index (χ3n) is 3.52. The molecular weight excluding hydrogens is 266 g/mol. The zero-order valence-corrected chi connectivity index (χ0v) is 13.5. The number of ether oxygens (including phenoxy) is 1. The fourth-order valence-corrected chi connectivity index (χ4v) is 1.85. The summed E-state index contributed by atoms with van der Waals surface area (Å²) in [5, 5.41) is 12.6. The fourth-order valence-electron chi connectivity index (χ4n) is 1.85. The molecule has 21 heavy (non-hydrogen) atoms. The van der Waals surface area contributed by atoms with Crippen molar-refractivity contribution in [2.45, 2.75) is 46.1 Å². The molecule has 118 valence electrons. The summed E-state index contributed by atoms with van der Waals surface area (Å²) in [4.78, 5) is 11.7. The van der Waals surface area contributed by atoms with Gasteiger partial charge in [-0.3, -0.25) is 4.79 Å². The van der Waals surface area contributed by atoms with Crippen LogP contribution in [-0.4, -0.2) is 30.8 Å². The molecule has 0 fully saturated rings. The summed E-state index contributed by atoms with van der Waals surface area (Å²) in [5.74, 6) is 0.833. The Hall–Kier alpha value is -1.55. The molecule has 0 saturated carbocycles. The van der Waals surface area contributed by atoms with E-state index in [0.29, 0.717) is 13.0 Å². The minimum atomic E-state index is -0.525. The second-order valence-corrected chi connectivity index (χ2v) is 6.39. The van der Waals surface area contributed by atoms with Gasteiger partial charge in [0.2, 0.25) is 5.91 Å². The summed E-state index contributed by atoms with van der Waals surface area (Å²) in [5.41, 5.74) is 0.981. The molecule has 0 heterocycles. The van der Waals surface area contributed by atoms with Gasteiger partial charge in [-0.15, -0.1) is 0 Å². The predicted molar refractivity (Wildman–Crippen MR) is 84.4 cm³/mol. The lowest BCUT2D eigenvalue weighted by Crippen LogP contribution is -2.39. The molecule has 0 saturated heterocycles. The van der Waals surface area contributed by atoms with E-state index in [0.717, 1.165) is 18.6 Å². The van der Waals surface area contributed by atoms with Gasteiger partial charge in [-0.1, -0.05) is 32.9 Å². The second kappa shape index (κ2) is 8.03. The minimum absolute atomic E-state index is 0.00758. The van der Waals surface area contributed by atoms with Crippen molar-refractivity contribution >= 4 is 5.91 Å². The highest BCUT2D eigenvalue weighted by Crippen LogP contribution is 2.18. The van der Waals surface area contributed by atoms with Crippen LogP contribution in [0.4, 0.5) is 0 Å². The molecule has 0 aliphatic heterocycles. The third kappa shape index (κ3) is 6.63. The summed E-state index contributed by atoms with van der Waals surface area (Å²) >= 11 is 0. The molecule has 1 unspecified atom stereocenters. The average Bonchev–Trinajstić information content (AvgIpc) is 2.44. The molecular formula is C17H27NO3. The first-order valence-corrected chi connectivity index (χ1v) is 7.40. The Morgan fingerprint density at radius 1 is 1.29 bits per heavy atom. The minimum Gasteiger partial charge on any atom is -0.497 e. The van der Waals surface area contributed by atoms with Crippen LogP contribution in [0.3, 0.4) is 0 Å². The molecule has 0 bridgehead atoms. The maximum atomic E-state index is 11.7. The third-order valence-corrected chi connectivity index (χ3v) is 3.52. The summed E-state index contributed by atoms with van der Waals surface area (Å²) in [7, 11) is 1.64. The SMILES string of the molecule is COc1ccc(CCCC(=O)NCC(O)C(C)(C)C)cc1. The zero-order valence-electron chi connectivity index (χ0n) is 13.5. The smallest absolute Gasteiger partial charge is 0.220 e. The molecule has 1 rings (SSSR count). The van der Waals surface area contributed by atoms with E-state index in [9.17, 15) is 9.90 Å². The summed E-state index contributed by atoms with van der Waals surface area (Å²) in [6.45, 7) is 6.17. The normalized spacial score (nSPS) is 12.8. The Kier molecular flexibility index (Phi) is 6.69. The quantitative estimate of drug-likeness (QED) is 0.812. The number of aliphatic hydroxyl groups is 1. The monoisotopic (exact) mass is 293 g/mol. The number of carbonyl (C=O) groups excluding carboxylic acids is 1. The van der Waals surface area contributed by atoms with Gasteiger partial charge in [-0.05, 0) is 36.0 Å². The van der Waals surface area contributed by atoms with Crippen LogP contribution in [-0.2, 0) is 11.2 Å². The van der Waals surface area contributed by atoms with Crippen LogP contribution in [0.25, 0.3) is 0 Å². The van der Waals surface area contributed by atoms with Gasteiger partial charge in [-0.25, -0.2) is 0 Å². The topological polar surface area (TPSA) is 58.6 Å². The van der Waals surface area contributed by atoms with Crippen molar-refractivity contribution in [3.05, 3.63) is 29.8 Å². The maximum Gasteiger partial charge on any atom is 0.220 e. The molecule has 0 aromatic heterocycles. The summed E-state index contributed by atoms with van der Waals surface area (Å²) < 4.78 is 5.11. The molecule has 1 atom stereocenters. The van der Waals surface area contributed by atoms with E-state index in [2.05, 4.69) is 5.32 Å². The summed E-state index contributed by atoms with van der Waals surface area (Å²) in [6, 6.07) is 7.88. The van der Waals surface area contributed by atoms with Crippen molar-refractivity contribution in [3.8, 4) is 5.75 Å². The van der Waals surface area contributed by atoms with Crippen molar-refractivity contribution in [2.24, 2.45) is 5.41 Å². The zero-order chi connectivity index (χ0) is 15.9. The lowest BCUT2D eigenvalue weighted by Gasteiger charge is -2.25. The molecule has 0 aliphatic carbocycles. The Morgan fingerprint density at radius 3 is 2.43 bits per heavy atom. The fraction of sp³-hybridized carbons (Fsp3) is 0.588. The van der Waals surface area contributed by atoms with Gasteiger partial charge in [0.25, 0.3) is 0 Å². The predicted octanol–water partition coefficient (Wildman–Crippen LogP) is 2.54. The Morgan fingerprint density at radius 2 is 1.90 bits per heavy atom. The van der Waals surface area contributed by atoms with Gasteiger partial charge < -0.3 is 15.2 Å². The number of aryl methyl sites for hydroxylation is 1. The van der Waals surface area contributed by atoms with Gasteiger partial charge in [0, 0.05) is 13.0 Å². The van der Waals surface area contributed by atoms with Crippen LogP contribution in [0.5, 0.6) is 5.75 Å². The lowest BCUT2D eigenvalue weighted by molar-refractivity contribution is -0.122. The highest BCUT2D eigenvalue weighted by atomic mass is 16.5. The largest absolute Gasteiger partial charge is 0.497 e. The highest BCUT2D eigenvalue weighted by Gasteiger charge is 2.22. The molecule has 0 radical (unpaired) electrons. The van der Waals surface area contributed by atoms with Crippen molar-refractivity contribution in [1.82, 2.24) is 5.32 Å². The standard InChI is InChI=1S/C17H27NO3/c1-17(2,3)15(19)12-18-16(20)7-5-6-13-8-10-14(21-4)11-9-13/h8-11,15,19H,5-7,12H2,1-4H3,(H,18,20). The van der Waals surface area contributed by atoms with Crippen LogP contribution < -0.4 is 10.1 Å². The maximum absolute atomic E-state index is 11.7. The molecule has 1 aromatic carbocycles. The molecule has 1 amide bonds. The van der Waals surface area contributed by atoms with Crippen LogP contribution in [0, 0.1) is 5.41 Å². The summed E-state index contributed by atoms with van der Waals surface area (Å²) in [6.07, 6.45) is 1.61. The molecule has 0 spiro atoms. The number of benzene rings is 1. The first-order chi connectivity index (χ1) is 9.82. The van der Waals surface area contributed by atoms with E-state index in [1.807, 2.05) is 45.0 Å². The van der Waals surface area contributed by atoms with Crippen molar-refractivity contribution in [3.63, 3.8) is 0 Å². The molecule has 1 aromatic rings. The van der Waals surface area contributed by atoms with Gasteiger partial charge >= 0.3 is 0 Å². The first-order valence-electron chi connectivity index (χ1n) is 7.40. The number of amides is 1.